The van der Waals surface area contributed by atoms with Crippen molar-refractivity contribution in [2.24, 2.45) is 11.7 Å². The molecule has 21 heavy (non-hydrogen) atoms. The third-order valence-corrected chi connectivity index (χ3v) is 5.01. The highest BCUT2D eigenvalue weighted by atomic mass is 15.2. The van der Waals surface area contributed by atoms with Crippen LogP contribution in [-0.4, -0.2) is 29.0 Å². The molecule has 2 atom stereocenters. The minimum atomic E-state index is 0.535. The molecule has 3 heteroatoms. The second kappa shape index (κ2) is 6.20. The Morgan fingerprint density at radius 3 is 2.95 bits per heavy atom. The molecule has 2 aromatic rings. The van der Waals surface area contributed by atoms with Crippen LogP contribution in [-0.2, 0) is 13.0 Å². The predicted molar refractivity (Wildman–Crippen MR) is 89.3 cm³/mol. The first-order chi connectivity index (χ1) is 10.2. The summed E-state index contributed by atoms with van der Waals surface area (Å²) in [7, 11) is 0. The number of aromatic amines is 1. The Bertz CT molecular complexity index is 602. The molecule has 2 unspecified atom stereocenters. The average Bonchev–Trinajstić information content (AvgIpc) is 2.92. The van der Waals surface area contributed by atoms with Gasteiger partial charge in [0.1, 0.15) is 0 Å². The van der Waals surface area contributed by atoms with Gasteiger partial charge in [-0.1, -0.05) is 32.0 Å². The van der Waals surface area contributed by atoms with E-state index in [-0.39, 0.29) is 0 Å². The standard InChI is InChI=1S/C18H27N3/c1-3-14-5-4-6-17-15(11-20-18(14)17)12-21-8-7-13(2)9-16(21)10-19/h4-6,11,13,16,20H,3,7-10,12,19H2,1-2H3. The second-order valence-electron chi connectivity index (χ2n) is 6.50. The van der Waals surface area contributed by atoms with Crippen LogP contribution < -0.4 is 5.73 Å². The maximum atomic E-state index is 5.99. The number of nitrogens with zero attached hydrogens (tertiary/aromatic N) is 1. The zero-order valence-electron chi connectivity index (χ0n) is 13.2. The van der Waals surface area contributed by atoms with Crippen LogP contribution in [0.2, 0.25) is 0 Å². The van der Waals surface area contributed by atoms with Crippen molar-refractivity contribution in [2.75, 3.05) is 13.1 Å². The molecule has 0 spiro atoms. The fourth-order valence-corrected chi connectivity index (χ4v) is 3.67. The highest BCUT2D eigenvalue weighted by Gasteiger charge is 2.25. The molecule has 1 aromatic carbocycles. The molecular weight excluding hydrogens is 258 g/mol. The van der Waals surface area contributed by atoms with Gasteiger partial charge in [-0.2, -0.15) is 0 Å². The second-order valence-corrected chi connectivity index (χ2v) is 6.50. The van der Waals surface area contributed by atoms with Gasteiger partial charge in [0.15, 0.2) is 0 Å². The zero-order valence-corrected chi connectivity index (χ0v) is 13.2. The molecule has 3 nitrogen and oxygen atoms in total. The summed E-state index contributed by atoms with van der Waals surface area (Å²) in [5.41, 5.74) is 10.1. The molecule has 3 rings (SSSR count). The SMILES string of the molecule is CCc1cccc2c(CN3CCC(C)CC3CN)c[nH]c12. The Labute approximate surface area is 127 Å². The number of aryl methyl sites for hydroxylation is 1. The average molecular weight is 285 g/mol. The lowest BCUT2D eigenvalue weighted by Crippen LogP contribution is -2.45. The van der Waals surface area contributed by atoms with Gasteiger partial charge < -0.3 is 10.7 Å². The molecule has 0 radical (unpaired) electrons. The zero-order chi connectivity index (χ0) is 14.8. The summed E-state index contributed by atoms with van der Waals surface area (Å²) in [6, 6.07) is 7.17. The summed E-state index contributed by atoms with van der Waals surface area (Å²) in [5.74, 6) is 0.810. The number of hydrogen-bond acceptors (Lipinski definition) is 2. The van der Waals surface area contributed by atoms with E-state index in [0.717, 1.165) is 25.4 Å². The lowest BCUT2D eigenvalue weighted by molar-refractivity contribution is 0.115. The monoisotopic (exact) mass is 285 g/mol. The Morgan fingerprint density at radius 2 is 2.19 bits per heavy atom. The van der Waals surface area contributed by atoms with Gasteiger partial charge in [-0.3, -0.25) is 4.90 Å². The first kappa shape index (κ1) is 14.6. The smallest absolute Gasteiger partial charge is 0.0489 e. The summed E-state index contributed by atoms with van der Waals surface area (Å²) >= 11 is 0. The molecule has 1 aliphatic heterocycles. The Morgan fingerprint density at radius 1 is 1.33 bits per heavy atom. The third-order valence-electron chi connectivity index (χ3n) is 5.01. The molecule has 2 heterocycles. The lowest BCUT2D eigenvalue weighted by atomic mass is 9.92. The van der Waals surface area contributed by atoms with Crippen LogP contribution in [0.4, 0.5) is 0 Å². The summed E-state index contributed by atoms with van der Waals surface area (Å²) < 4.78 is 0. The van der Waals surface area contributed by atoms with Crippen LogP contribution in [0.3, 0.4) is 0 Å². The molecule has 1 fully saturated rings. The highest BCUT2D eigenvalue weighted by molar-refractivity contribution is 5.86. The molecule has 0 saturated carbocycles. The predicted octanol–water partition coefficient (Wildman–Crippen LogP) is 3.29. The van der Waals surface area contributed by atoms with Gasteiger partial charge in [0.2, 0.25) is 0 Å². The molecule has 3 N–H and O–H groups in total. The summed E-state index contributed by atoms with van der Waals surface area (Å²) in [6.07, 6.45) is 5.79. The molecule has 0 aliphatic carbocycles. The van der Waals surface area contributed by atoms with Crippen molar-refractivity contribution in [2.45, 2.75) is 45.7 Å². The molecule has 1 saturated heterocycles. The van der Waals surface area contributed by atoms with Crippen LogP contribution in [0.5, 0.6) is 0 Å². The van der Waals surface area contributed by atoms with Gasteiger partial charge >= 0.3 is 0 Å². The number of rotatable bonds is 4. The van der Waals surface area contributed by atoms with Crippen molar-refractivity contribution in [3.8, 4) is 0 Å². The Hall–Kier alpha value is -1.32. The molecule has 0 amide bonds. The minimum absolute atomic E-state index is 0.535. The number of nitrogens with two attached hydrogens (primary N) is 1. The van der Waals surface area contributed by atoms with Gasteiger partial charge in [0.25, 0.3) is 0 Å². The van der Waals surface area contributed by atoms with E-state index >= 15 is 0 Å². The first-order valence-corrected chi connectivity index (χ1v) is 8.24. The topological polar surface area (TPSA) is 45.0 Å². The fraction of sp³-hybridized carbons (Fsp3) is 0.556. The van der Waals surface area contributed by atoms with E-state index in [4.69, 9.17) is 5.73 Å². The molecule has 114 valence electrons. The highest BCUT2D eigenvalue weighted by Crippen LogP contribution is 2.27. The molecular formula is C18H27N3. The van der Waals surface area contributed by atoms with E-state index in [1.807, 2.05) is 0 Å². The number of nitrogens with one attached hydrogen (secondary N) is 1. The maximum absolute atomic E-state index is 5.99. The Kier molecular flexibility index (Phi) is 4.32. The van der Waals surface area contributed by atoms with Crippen LogP contribution in [0.1, 0.15) is 37.8 Å². The number of piperidine rings is 1. The van der Waals surface area contributed by atoms with E-state index in [0.29, 0.717) is 6.04 Å². The van der Waals surface area contributed by atoms with E-state index in [1.165, 1.54) is 41.4 Å². The summed E-state index contributed by atoms with van der Waals surface area (Å²) in [4.78, 5) is 6.05. The van der Waals surface area contributed by atoms with Gasteiger partial charge in [0.05, 0.1) is 0 Å². The minimum Gasteiger partial charge on any atom is -0.361 e. The maximum Gasteiger partial charge on any atom is 0.0489 e. The Balaban J connectivity index is 1.84. The number of fused-ring (bicyclic) bond motifs is 1. The van der Waals surface area contributed by atoms with Gasteiger partial charge in [-0.15, -0.1) is 0 Å². The van der Waals surface area contributed by atoms with Crippen molar-refractivity contribution in [1.29, 1.82) is 0 Å². The van der Waals surface area contributed by atoms with E-state index < -0.39 is 0 Å². The van der Waals surface area contributed by atoms with Gasteiger partial charge in [0, 0.05) is 36.2 Å². The molecule has 1 aromatic heterocycles. The largest absolute Gasteiger partial charge is 0.361 e. The number of benzene rings is 1. The molecule has 0 bridgehead atoms. The normalized spacial score (nSPS) is 23.8. The number of aromatic nitrogens is 1. The van der Waals surface area contributed by atoms with Crippen LogP contribution in [0.25, 0.3) is 10.9 Å². The number of likely N-dealkylation sites (tertiary alicyclic amines) is 1. The lowest BCUT2D eigenvalue weighted by Gasteiger charge is -2.37. The number of H-pyrrole nitrogens is 1. The van der Waals surface area contributed by atoms with Gasteiger partial charge in [-0.25, -0.2) is 0 Å². The van der Waals surface area contributed by atoms with Crippen LogP contribution >= 0.6 is 0 Å². The van der Waals surface area contributed by atoms with Crippen molar-refractivity contribution in [1.82, 2.24) is 9.88 Å². The van der Waals surface area contributed by atoms with Crippen molar-refractivity contribution >= 4 is 10.9 Å². The number of hydrogen-bond donors (Lipinski definition) is 2. The van der Waals surface area contributed by atoms with E-state index in [2.05, 4.69) is 48.1 Å². The number of para-hydroxylation sites is 1. The summed E-state index contributed by atoms with van der Waals surface area (Å²) in [6.45, 7) is 7.52. The van der Waals surface area contributed by atoms with E-state index in [9.17, 15) is 0 Å². The van der Waals surface area contributed by atoms with Crippen molar-refractivity contribution in [3.05, 3.63) is 35.5 Å². The van der Waals surface area contributed by atoms with Crippen LogP contribution in [0, 0.1) is 5.92 Å². The van der Waals surface area contributed by atoms with Gasteiger partial charge in [-0.05, 0) is 42.9 Å². The fourth-order valence-electron chi connectivity index (χ4n) is 3.67. The van der Waals surface area contributed by atoms with Crippen molar-refractivity contribution in [3.63, 3.8) is 0 Å². The van der Waals surface area contributed by atoms with Crippen molar-refractivity contribution < 1.29 is 0 Å². The quantitative estimate of drug-likeness (QED) is 0.905. The summed E-state index contributed by atoms with van der Waals surface area (Å²) in [5, 5.41) is 1.38. The van der Waals surface area contributed by atoms with Crippen LogP contribution in [0.15, 0.2) is 24.4 Å². The first-order valence-electron chi connectivity index (χ1n) is 8.24. The third kappa shape index (κ3) is 2.85. The molecule has 1 aliphatic rings. The van der Waals surface area contributed by atoms with E-state index in [1.54, 1.807) is 0 Å².